The molecular weight excluding hydrogens is 565 g/mol. The zero-order valence-corrected chi connectivity index (χ0v) is 23.7. The van der Waals surface area contributed by atoms with E-state index in [4.69, 9.17) is 9.47 Å². The van der Waals surface area contributed by atoms with Crippen molar-refractivity contribution in [2.45, 2.75) is 38.3 Å². The summed E-state index contributed by atoms with van der Waals surface area (Å²) in [6.07, 6.45) is 0.0728. The second-order valence-corrected chi connectivity index (χ2v) is 10.6. The van der Waals surface area contributed by atoms with Crippen molar-refractivity contribution < 1.29 is 37.0 Å². The maximum Gasteiger partial charge on any atom is 0.416 e. The zero-order chi connectivity index (χ0) is 30.4. The molecular formula is C31H33F3N4O5. The summed E-state index contributed by atoms with van der Waals surface area (Å²) < 4.78 is 57.1. The highest BCUT2D eigenvalue weighted by Gasteiger charge is 2.32. The van der Waals surface area contributed by atoms with Gasteiger partial charge in [-0.15, -0.1) is 0 Å². The number of hydrogen-bond acceptors (Lipinski definition) is 7. The number of fused-ring (bicyclic) bond motifs is 1. The maximum absolute atomic E-state index is 13.6. The average molecular weight is 599 g/mol. The fourth-order valence-electron chi connectivity index (χ4n) is 5.32. The molecule has 0 saturated carbocycles. The van der Waals surface area contributed by atoms with Gasteiger partial charge in [-0.05, 0) is 86.7 Å². The molecule has 0 bridgehead atoms. The summed E-state index contributed by atoms with van der Waals surface area (Å²) >= 11 is 0. The van der Waals surface area contributed by atoms with Crippen LogP contribution in [0.2, 0.25) is 0 Å². The monoisotopic (exact) mass is 598 g/mol. The van der Waals surface area contributed by atoms with Crippen molar-refractivity contribution in [1.82, 2.24) is 9.88 Å². The van der Waals surface area contributed by atoms with Crippen molar-refractivity contribution in [2.24, 2.45) is 5.92 Å². The third-order valence-electron chi connectivity index (χ3n) is 7.54. The number of aryl methyl sites for hydroxylation is 1. The van der Waals surface area contributed by atoms with Crippen LogP contribution in [0.4, 0.5) is 29.5 Å². The smallest absolute Gasteiger partial charge is 0.416 e. The number of anilines is 2. The molecule has 2 aromatic carbocycles. The number of amides is 2. The van der Waals surface area contributed by atoms with E-state index < -0.39 is 23.8 Å². The number of carbonyl (C=O) groups is 2. The van der Waals surface area contributed by atoms with Crippen LogP contribution in [-0.4, -0.2) is 55.2 Å². The Morgan fingerprint density at radius 3 is 2.53 bits per heavy atom. The molecule has 12 heteroatoms. The fraction of sp³-hybridized carbons (Fsp3) is 0.387. The topological polar surface area (TPSA) is 102 Å². The number of likely N-dealkylation sites (tertiary alicyclic amines) is 1. The Hall–Kier alpha value is -4.32. The first-order chi connectivity index (χ1) is 20.7. The van der Waals surface area contributed by atoms with Gasteiger partial charge >= 0.3 is 12.3 Å². The number of nitrogens with one attached hydrogen (secondary N) is 2. The molecule has 1 aromatic heterocycles. The molecule has 1 saturated heterocycles. The number of carbonyl (C=O) groups excluding carboxylic acids is 2. The van der Waals surface area contributed by atoms with E-state index in [1.54, 1.807) is 12.1 Å². The molecule has 9 nitrogen and oxygen atoms in total. The molecule has 2 N–H and O–H groups in total. The van der Waals surface area contributed by atoms with Crippen LogP contribution >= 0.6 is 0 Å². The van der Waals surface area contributed by atoms with Gasteiger partial charge in [0.1, 0.15) is 29.7 Å². The fourth-order valence-corrected chi connectivity index (χ4v) is 5.32. The Kier molecular flexibility index (Phi) is 9.34. The van der Waals surface area contributed by atoms with Crippen LogP contribution in [0, 0.1) is 5.92 Å². The Bertz CT molecular complexity index is 1460. The van der Waals surface area contributed by atoms with Gasteiger partial charge in [-0.2, -0.15) is 13.2 Å². The van der Waals surface area contributed by atoms with Gasteiger partial charge < -0.3 is 19.5 Å². The molecule has 1 unspecified atom stereocenters. The van der Waals surface area contributed by atoms with E-state index in [1.807, 2.05) is 18.2 Å². The van der Waals surface area contributed by atoms with Gasteiger partial charge in [0.15, 0.2) is 0 Å². The van der Waals surface area contributed by atoms with Crippen molar-refractivity contribution in [3.05, 3.63) is 71.4 Å². The van der Waals surface area contributed by atoms with Crippen LogP contribution in [0.5, 0.6) is 17.2 Å². The summed E-state index contributed by atoms with van der Waals surface area (Å²) in [4.78, 5) is 31.0. The summed E-state index contributed by atoms with van der Waals surface area (Å²) in [6, 6.07) is 12.1. The van der Waals surface area contributed by atoms with Crippen LogP contribution in [0.15, 0.2) is 54.7 Å². The van der Waals surface area contributed by atoms with E-state index in [0.29, 0.717) is 37.3 Å². The standard InChI is InChI=1S/C31H33F3N4O5/c1-41-30(40)37-28-19-26(8-9-35-28)43-25-7-6-20-4-5-21(14-22(20)15-25)29(39)36-24-16-23(31(32,33)34)17-27(18-24)42-13-12-38-10-2-3-11-38/h6-9,15-19,21H,2-5,10-14H2,1H3,(H,36,39)(H,35,37,40). The molecule has 228 valence electrons. The number of pyridine rings is 1. The lowest BCUT2D eigenvalue weighted by Gasteiger charge is -2.25. The van der Waals surface area contributed by atoms with Crippen molar-refractivity contribution >= 4 is 23.5 Å². The Labute approximate surface area is 247 Å². The number of nitrogens with zero attached hydrogens (tertiary/aromatic N) is 2. The number of ether oxygens (including phenoxy) is 3. The molecule has 43 heavy (non-hydrogen) atoms. The summed E-state index contributed by atoms with van der Waals surface area (Å²) in [7, 11) is 1.25. The van der Waals surface area contributed by atoms with Gasteiger partial charge in [0.2, 0.25) is 5.91 Å². The van der Waals surface area contributed by atoms with Crippen molar-refractivity contribution in [3.8, 4) is 17.2 Å². The maximum atomic E-state index is 13.6. The van der Waals surface area contributed by atoms with Gasteiger partial charge in [0.05, 0.1) is 12.7 Å². The molecule has 0 spiro atoms. The minimum absolute atomic E-state index is 0.0490. The summed E-state index contributed by atoms with van der Waals surface area (Å²) in [5, 5.41) is 5.17. The highest BCUT2D eigenvalue weighted by atomic mass is 19.4. The first kappa shape index (κ1) is 30.1. The minimum Gasteiger partial charge on any atom is -0.492 e. The normalized spacial score (nSPS) is 16.7. The minimum atomic E-state index is -4.58. The predicted octanol–water partition coefficient (Wildman–Crippen LogP) is 6.29. The van der Waals surface area contributed by atoms with Crippen molar-refractivity contribution in [1.29, 1.82) is 0 Å². The highest BCUT2D eigenvalue weighted by Crippen LogP contribution is 2.36. The second kappa shape index (κ2) is 13.3. The number of benzene rings is 2. The molecule has 2 heterocycles. The van der Waals surface area contributed by atoms with Crippen LogP contribution in [-0.2, 0) is 28.5 Å². The van der Waals surface area contributed by atoms with Gasteiger partial charge in [0, 0.05) is 36.5 Å². The van der Waals surface area contributed by atoms with Gasteiger partial charge in [0.25, 0.3) is 0 Å². The van der Waals surface area contributed by atoms with Crippen LogP contribution in [0.1, 0.15) is 36.0 Å². The average Bonchev–Trinajstić information content (AvgIpc) is 3.50. The lowest BCUT2D eigenvalue weighted by Crippen LogP contribution is -2.28. The molecule has 0 radical (unpaired) electrons. The summed E-state index contributed by atoms with van der Waals surface area (Å²) in [6.45, 7) is 2.83. The first-order valence-electron chi connectivity index (χ1n) is 14.2. The predicted molar refractivity (Wildman–Crippen MR) is 154 cm³/mol. The second-order valence-electron chi connectivity index (χ2n) is 10.6. The Morgan fingerprint density at radius 1 is 0.977 bits per heavy atom. The molecule has 1 fully saturated rings. The molecule has 2 aliphatic rings. The Balaban J connectivity index is 1.24. The van der Waals surface area contributed by atoms with Gasteiger partial charge in [-0.25, -0.2) is 9.78 Å². The van der Waals surface area contributed by atoms with Crippen LogP contribution in [0.25, 0.3) is 0 Å². The van der Waals surface area contributed by atoms with E-state index in [2.05, 4.69) is 25.3 Å². The van der Waals surface area contributed by atoms with Crippen molar-refractivity contribution in [2.75, 3.05) is 44.0 Å². The third-order valence-corrected chi connectivity index (χ3v) is 7.54. The third kappa shape index (κ3) is 8.16. The van der Waals surface area contributed by atoms with Crippen LogP contribution in [0.3, 0.4) is 0 Å². The number of halogens is 3. The van der Waals surface area contributed by atoms with E-state index in [1.165, 1.54) is 19.4 Å². The molecule has 1 aliphatic carbocycles. The highest BCUT2D eigenvalue weighted by molar-refractivity contribution is 5.93. The van der Waals surface area contributed by atoms with Gasteiger partial charge in [-0.3, -0.25) is 15.0 Å². The van der Waals surface area contributed by atoms with E-state index in [-0.39, 0.29) is 29.8 Å². The lowest BCUT2D eigenvalue weighted by atomic mass is 9.83. The lowest BCUT2D eigenvalue weighted by molar-refractivity contribution is -0.137. The summed E-state index contributed by atoms with van der Waals surface area (Å²) in [5.74, 6) is 0.508. The van der Waals surface area contributed by atoms with E-state index in [0.717, 1.165) is 49.2 Å². The summed E-state index contributed by atoms with van der Waals surface area (Å²) in [5.41, 5.74) is 1.17. The quantitative estimate of drug-likeness (QED) is 0.299. The SMILES string of the molecule is COC(=O)Nc1cc(Oc2ccc3c(c2)CC(C(=O)Nc2cc(OCCN4CCCC4)cc(C(F)(F)F)c2)CC3)ccn1. The van der Waals surface area contributed by atoms with Gasteiger partial charge in [-0.1, -0.05) is 6.07 Å². The van der Waals surface area contributed by atoms with E-state index in [9.17, 15) is 22.8 Å². The number of methoxy groups -OCH3 is 1. The number of hydrogen-bond donors (Lipinski definition) is 2. The molecule has 1 aliphatic heterocycles. The zero-order valence-electron chi connectivity index (χ0n) is 23.7. The van der Waals surface area contributed by atoms with E-state index >= 15 is 0 Å². The number of rotatable bonds is 9. The molecule has 5 rings (SSSR count). The number of aromatic nitrogens is 1. The first-order valence-corrected chi connectivity index (χ1v) is 14.2. The molecule has 3 aromatic rings. The van der Waals surface area contributed by atoms with Crippen LogP contribution < -0.4 is 20.1 Å². The largest absolute Gasteiger partial charge is 0.492 e. The van der Waals surface area contributed by atoms with Crippen molar-refractivity contribution in [3.63, 3.8) is 0 Å². The molecule has 1 atom stereocenters. The molecule has 2 amide bonds. The number of alkyl halides is 3. The Morgan fingerprint density at radius 2 is 1.77 bits per heavy atom.